The van der Waals surface area contributed by atoms with E-state index in [2.05, 4.69) is 0 Å². The molecule has 6 nitrogen and oxygen atoms in total. The summed E-state index contributed by atoms with van der Waals surface area (Å²) in [6.45, 7) is 2.33. The number of likely N-dealkylation sites (N-methyl/N-ethyl adjacent to an activating group) is 1. The number of amides is 1. The molecule has 1 aromatic carbocycles. The first-order valence-electron chi connectivity index (χ1n) is 7.42. The highest BCUT2D eigenvalue weighted by atomic mass is 35.5. The molecule has 7 heteroatoms. The molecule has 1 amide bonds. The second-order valence-corrected chi connectivity index (χ2v) is 5.76. The maximum Gasteiger partial charge on any atom is 0.327 e. The van der Waals surface area contributed by atoms with Crippen LogP contribution in [0.15, 0.2) is 24.3 Å². The summed E-state index contributed by atoms with van der Waals surface area (Å²) in [5.41, 5.74) is 0.623. The van der Waals surface area contributed by atoms with Crippen LogP contribution in [0.2, 0.25) is 5.02 Å². The number of ether oxygens (including phenoxy) is 2. The molecule has 0 aromatic heterocycles. The van der Waals surface area contributed by atoms with Crippen molar-refractivity contribution < 1.29 is 19.1 Å². The van der Waals surface area contributed by atoms with Crippen LogP contribution in [-0.2, 0) is 19.1 Å². The summed E-state index contributed by atoms with van der Waals surface area (Å²) in [5.74, 6) is -0.493. The van der Waals surface area contributed by atoms with Crippen molar-refractivity contribution in [2.75, 3.05) is 47.0 Å². The lowest BCUT2D eigenvalue weighted by atomic mass is 10.1. The molecule has 0 N–H and O–H groups in total. The molecule has 1 fully saturated rings. The van der Waals surface area contributed by atoms with Crippen molar-refractivity contribution in [3.63, 3.8) is 0 Å². The van der Waals surface area contributed by atoms with Crippen molar-refractivity contribution in [3.05, 3.63) is 34.9 Å². The number of benzene rings is 1. The quantitative estimate of drug-likeness (QED) is 0.757. The Morgan fingerprint density at radius 1 is 1.35 bits per heavy atom. The third-order valence-electron chi connectivity index (χ3n) is 3.81. The molecule has 1 atom stereocenters. The van der Waals surface area contributed by atoms with Gasteiger partial charge in [0.25, 0.3) is 0 Å². The fraction of sp³-hybridized carbons (Fsp3) is 0.500. The predicted octanol–water partition coefficient (Wildman–Crippen LogP) is 1.34. The Morgan fingerprint density at radius 2 is 2.00 bits per heavy atom. The summed E-state index contributed by atoms with van der Waals surface area (Å²) in [4.78, 5) is 28.0. The first-order valence-corrected chi connectivity index (χ1v) is 7.80. The molecule has 1 aromatic rings. The van der Waals surface area contributed by atoms with E-state index in [1.807, 2.05) is 0 Å². The van der Waals surface area contributed by atoms with Crippen LogP contribution < -0.4 is 0 Å². The van der Waals surface area contributed by atoms with Gasteiger partial charge in [0.1, 0.15) is 6.04 Å². The Kier molecular flexibility index (Phi) is 6.38. The monoisotopic (exact) mass is 340 g/mol. The van der Waals surface area contributed by atoms with Crippen molar-refractivity contribution in [2.45, 2.75) is 6.04 Å². The van der Waals surface area contributed by atoms with E-state index < -0.39 is 12.0 Å². The van der Waals surface area contributed by atoms with Crippen LogP contribution in [0.5, 0.6) is 0 Å². The first-order chi connectivity index (χ1) is 11.0. The number of carbonyl (C=O) groups is 2. The van der Waals surface area contributed by atoms with Gasteiger partial charge in [0.2, 0.25) is 5.91 Å². The summed E-state index contributed by atoms with van der Waals surface area (Å²) in [7, 11) is 3.03. The van der Waals surface area contributed by atoms with Gasteiger partial charge < -0.3 is 14.4 Å². The van der Waals surface area contributed by atoms with Gasteiger partial charge in [0, 0.05) is 18.1 Å². The second kappa shape index (κ2) is 8.29. The standard InChI is InChI=1S/C16H21ClN2O4/c1-18(11-14(20)19-7-9-23-10-8-19)15(16(21)22-2)12-5-3-4-6-13(12)17/h3-6,15H,7-11H2,1-2H3. The lowest BCUT2D eigenvalue weighted by molar-refractivity contribution is -0.148. The molecule has 2 rings (SSSR count). The maximum atomic E-state index is 12.4. The first kappa shape index (κ1) is 17.7. The van der Waals surface area contributed by atoms with Crippen molar-refractivity contribution in [1.82, 2.24) is 9.80 Å². The van der Waals surface area contributed by atoms with Gasteiger partial charge >= 0.3 is 5.97 Å². The zero-order chi connectivity index (χ0) is 16.8. The summed E-state index contributed by atoms with van der Waals surface area (Å²) < 4.78 is 10.1. The lowest BCUT2D eigenvalue weighted by Crippen LogP contribution is -2.46. The molecule has 0 bridgehead atoms. The van der Waals surface area contributed by atoms with E-state index in [1.165, 1.54) is 7.11 Å². The van der Waals surface area contributed by atoms with E-state index in [0.29, 0.717) is 36.9 Å². The van der Waals surface area contributed by atoms with Crippen LogP contribution in [0.4, 0.5) is 0 Å². The molecule has 1 heterocycles. The Bertz CT molecular complexity index is 561. The molecular formula is C16H21ClN2O4. The van der Waals surface area contributed by atoms with Crippen LogP contribution in [-0.4, -0.2) is 68.7 Å². The lowest BCUT2D eigenvalue weighted by Gasteiger charge is -2.31. The minimum Gasteiger partial charge on any atom is -0.468 e. The van der Waals surface area contributed by atoms with E-state index >= 15 is 0 Å². The van der Waals surface area contributed by atoms with Crippen molar-refractivity contribution in [3.8, 4) is 0 Å². The molecule has 0 saturated carbocycles. The zero-order valence-corrected chi connectivity index (χ0v) is 14.1. The SMILES string of the molecule is COC(=O)C(c1ccccc1Cl)N(C)CC(=O)N1CCOCC1. The molecule has 1 aliphatic rings. The Balaban J connectivity index is 2.14. The van der Waals surface area contributed by atoms with Gasteiger partial charge in [-0.2, -0.15) is 0 Å². The molecule has 0 radical (unpaired) electrons. The molecule has 126 valence electrons. The molecule has 0 aliphatic carbocycles. The van der Waals surface area contributed by atoms with Crippen LogP contribution in [0.25, 0.3) is 0 Å². The number of hydrogen-bond donors (Lipinski definition) is 0. The minimum absolute atomic E-state index is 0.0447. The molecule has 1 saturated heterocycles. The number of halogens is 1. The van der Waals surface area contributed by atoms with Gasteiger partial charge in [0.05, 0.1) is 26.9 Å². The zero-order valence-electron chi connectivity index (χ0n) is 13.3. The molecule has 1 aliphatic heterocycles. The smallest absolute Gasteiger partial charge is 0.327 e. The predicted molar refractivity (Wildman–Crippen MR) is 86.2 cm³/mol. The van der Waals surface area contributed by atoms with Gasteiger partial charge in [-0.25, -0.2) is 4.79 Å². The number of methoxy groups -OCH3 is 1. The highest BCUT2D eigenvalue weighted by Gasteiger charge is 2.30. The average Bonchev–Trinajstić information content (AvgIpc) is 2.57. The third-order valence-corrected chi connectivity index (χ3v) is 4.16. The van der Waals surface area contributed by atoms with Gasteiger partial charge in [-0.3, -0.25) is 9.69 Å². The summed E-state index contributed by atoms with van der Waals surface area (Å²) >= 11 is 6.20. The minimum atomic E-state index is -0.723. The number of morpholine rings is 1. The number of nitrogens with zero attached hydrogens (tertiary/aromatic N) is 2. The van der Waals surface area contributed by atoms with Crippen LogP contribution in [0.1, 0.15) is 11.6 Å². The number of esters is 1. The van der Waals surface area contributed by atoms with E-state index in [0.717, 1.165) is 0 Å². The van der Waals surface area contributed by atoms with Gasteiger partial charge in [0.15, 0.2) is 0 Å². The fourth-order valence-corrected chi connectivity index (χ4v) is 2.81. The molecule has 23 heavy (non-hydrogen) atoms. The maximum absolute atomic E-state index is 12.4. The highest BCUT2D eigenvalue weighted by Crippen LogP contribution is 2.27. The summed E-state index contributed by atoms with van der Waals surface area (Å²) in [5, 5.41) is 0.466. The Morgan fingerprint density at radius 3 is 2.61 bits per heavy atom. The summed E-state index contributed by atoms with van der Waals surface area (Å²) in [6.07, 6.45) is 0. The number of hydrogen-bond acceptors (Lipinski definition) is 5. The normalized spacial score (nSPS) is 16.3. The Labute approximate surface area is 140 Å². The van der Waals surface area contributed by atoms with Crippen LogP contribution in [0, 0.1) is 0 Å². The number of carbonyl (C=O) groups excluding carboxylic acids is 2. The van der Waals surface area contributed by atoms with Crippen molar-refractivity contribution in [1.29, 1.82) is 0 Å². The fourth-order valence-electron chi connectivity index (χ4n) is 2.57. The molecular weight excluding hydrogens is 320 g/mol. The van der Waals surface area contributed by atoms with E-state index in [4.69, 9.17) is 21.1 Å². The van der Waals surface area contributed by atoms with Crippen LogP contribution in [0.3, 0.4) is 0 Å². The van der Waals surface area contributed by atoms with Crippen LogP contribution >= 0.6 is 11.6 Å². The number of rotatable bonds is 5. The van der Waals surface area contributed by atoms with Crippen molar-refractivity contribution in [2.24, 2.45) is 0 Å². The second-order valence-electron chi connectivity index (χ2n) is 5.36. The van der Waals surface area contributed by atoms with E-state index in [9.17, 15) is 9.59 Å². The van der Waals surface area contributed by atoms with Gasteiger partial charge in [-0.15, -0.1) is 0 Å². The summed E-state index contributed by atoms with van der Waals surface area (Å²) in [6, 6.07) is 6.34. The molecule has 1 unspecified atom stereocenters. The van der Waals surface area contributed by atoms with Gasteiger partial charge in [-0.05, 0) is 18.7 Å². The van der Waals surface area contributed by atoms with Gasteiger partial charge in [-0.1, -0.05) is 29.8 Å². The highest BCUT2D eigenvalue weighted by molar-refractivity contribution is 6.31. The Hall–Kier alpha value is -1.63. The van der Waals surface area contributed by atoms with Crippen molar-refractivity contribution >= 4 is 23.5 Å². The molecule has 0 spiro atoms. The largest absolute Gasteiger partial charge is 0.468 e. The topological polar surface area (TPSA) is 59.1 Å². The average molecular weight is 341 g/mol. The van der Waals surface area contributed by atoms with E-state index in [-0.39, 0.29) is 12.5 Å². The van der Waals surface area contributed by atoms with E-state index in [1.54, 1.807) is 41.1 Å². The third kappa shape index (κ3) is 4.43.